The number of piperidine rings is 1. The monoisotopic (exact) mass is 435 g/mol. The fraction of sp³-hybridized carbons (Fsp3) is 0.400. The summed E-state index contributed by atoms with van der Waals surface area (Å²) in [4.78, 5) is 19.4. The number of imidazole rings is 1. The topological polar surface area (TPSA) is 47.4 Å². The van der Waals surface area contributed by atoms with Gasteiger partial charge in [-0.15, -0.1) is 11.3 Å². The standard InChI is InChI=1S/C20H22ClN3O2S2/c1-26-17-16(13-28-18(17)21)20(25)24-8-3-15(4-9-24)19-22-6-10-23(19)7-2-14-5-11-27-12-14/h5-6,10-13,15H,2-4,7-9H2,1H3. The van der Waals surface area contributed by atoms with Crippen LogP contribution in [-0.4, -0.2) is 40.6 Å². The smallest absolute Gasteiger partial charge is 0.258 e. The average Bonchev–Trinajstić information content (AvgIpc) is 3.46. The van der Waals surface area contributed by atoms with Crippen LogP contribution in [0.5, 0.6) is 5.75 Å². The number of ether oxygens (including phenoxy) is 1. The van der Waals surface area contributed by atoms with E-state index >= 15 is 0 Å². The maximum Gasteiger partial charge on any atom is 0.258 e. The highest BCUT2D eigenvalue weighted by Gasteiger charge is 2.29. The van der Waals surface area contributed by atoms with Crippen LogP contribution in [0.25, 0.3) is 0 Å². The van der Waals surface area contributed by atoms with Gasteiger partial charge in [0.2, 0.25) is 0 Å². The molecule has 0 radical (unpaired) electrons. The minimum absolute atomic E-state index is 0.000695. The summed E-state index contributed by atoms with van der Waals surface area (Å²) >= 11 is 9.18. The zero-order chi connectivity index (χ0) is 19.5. The quantitative estimate of drug-likeness (QED) is 0.551. The summed E-state index contributed by atoms with van der Waals surface area (Å²) < 4.78 is 8.09. The zero-order valence-electron chi connectivity index (χ0n) is 15.6. The number of nitrogens with zero attached hydrogens (tertiary/aromatic N) is 3. The first kappa shape index (κ1) is 19.5. The predicted octanol–water partition coefficient (Wildman–Crippen LogP) is 4.93. The fourth-order valence-electron chi connectivity index (χ4n) is 3.73. The van der Waals surface area contributed by atoms with Gasteiger partial charge in [0.05, 0.1) is 12.7 Å². The second-order valence-corrected chi connectivity index (χ2v) is 9.14. The molecule has 0 aliphatic carbocycles. The van der Waals surface area contributed by atoms with E-state index in [4.69, 9.17) is 16.3 Å². The molecule has 1 fully saturated rings. The van der Waals surface area contributed by atoms with Crippen molar-refractivity contribution in [3.8, 4) is 5.75 Å². The molecule has 148 valence electrons. The van der Waals surface area contributed by atoms with E-state index in [2.05, 4.69) is 32.6 Å². The van der Waals surface area contributed by atoms with Crippen LogP contribution >= 0.6 is 34.3 Å². The van der Waals surface area contributed by atoms with Gasteiger partial charge < -0.3 is 14.2 Å². The van der Waals surface area contributed by atoms with Gasteiger partial charge in [-0.25, -0.2) is 4.98 Å². The molecule has 1 amide bonds. The lowest BCUT2D eigenvalue weighted by molar-refractivity contribution is 0.0707. The number of carbonyl (C=O) groups is 1. The van der Waals surface area contributed by atoms with Gasteiger partial charge in [0.25, 0.3) is 5.91 Å². The molecule has 8 heteroatoms. The van der Waals surface area contributed by atoms with E-state index in [9.17, 15) is 4.79 Å². The Morgan fingerprint density at radius 2 is 2.18 bits per heavy atom. The van der Waals surface area contributed by atoms with Crippen LogP contribution in [0, 0.1) is 0 Å². The van der Waals surface area contributed by atoms with Crippen molar-refractivity contribution >= 4 is 40.2 Å². The van der Waals surface area contributed by atoms with Gasteiger partial charge in [-0.2, -0.15) is 11.3 Å². The Morgan fingerprint density at radius 3 is 2.89 bits per heavy atom. The van der Waals surface area contributed by atoms with Crippen molar-refractivity contribution in [1.82, 2.24) is 14.5 Å². The van der Waals surface area contributed by atoms with E-state index in [0.717, 1.165) is 44.7 Å². The van der Waals surface area contributed by atoms with Crippen LogP contribution < -0.4 is 4.74 Å². The highest BCUT2D eigenvalue weighted by Crippen LogP contribution is 2.36. The molecule has 28 heavy (non-hydrogen) atoms. The normalized spacial score (nSPS) is 15.1. The summed E-state index contributed by atoms with van der Waals surface area (Å²) in [7, 11) is 1.55. The first-order valence-electron chi connectivity index (χ1n) is 9.29. The van der Waals surface area contributed by atoms with Crippen molar-refractivity contribution in [2.75, 3.05) is 20.2 Å². The van der Waals surface area contributed by atoms with E-state index in [-0.39, 0.29) is 5.91 Å². The largest absolute Gasteiger partial charge is 0.493 e. The van der Waals surface area contributed by atoms with Gasteiger partial charge in [-0.3, -0.25) is 4.79 Å². The lowest BCUT2D eigenvalue weighted by Crippen LogP contribution is -2.38. The molecule has 1 saturated heterocycles. The summed E-state index contributed by atoms with van der Waals surface area (Å²) in [6.07, 6.45) is 6.81. The van der Waals surface area contributed by atoms with E-state index in [1.807, 2.05) is 11.1 Å². The molecule has 3 aromatic heterocycles. The minimum atomic E-state index is -0.000695. The zero-order valence-corrected chi connectivity index (χ0v) is 18.0. The average molecular weight is 436 g/mol. The van der Waals surface area contributed by atoms with E-state index in [1.54, 1.807) is 23.8 Å². The molecular weight excluding hydrogens is 414 g/mol. The second-order valence-electron chi connectivity index (χ2n) is 6.88. The van der Waals surface area contributed by atoms with Crippen molar-refractivity contribution in [3.05, 3.63) is 55.9 Å². The van der Waals surface area contributed by atoms with Crippen molar-refractivity contribution in [2.45, 2.75) is 31.7 Å². The molecule has 0 aromatic carbocycles. The minimum Gasteiger partial charge on any atom is -0.493 e. The van der Waals surface area contributed by atoms with Gasteiger partial charge in [-0.05, 0) is 41.7 Å². The molecule has 1 aliphatic rings. The Kier molecular flexibility index (Phi) is 6.04. The Morgan fingerprint density at radius 1 is 1.36 bits per heavy atom. The van der Waals surface area contributed by atoms with E-state index < -0.39 is 0 Å². The first-order chi connectivity index (χ1) is 13.7. The third-order valence-electron chi connectivity index (χ3n) is 5.25. The maximum atomic E-state index is 12.9. The molecule has 5 nitrogen and oxygen atoms in total. The van der Waals surface area contributed by atoms with Crippen LogP contribution in [0.2, 0.25) is 4.34 Å². The van der Waals surface area contributed by atoms with Crippen LogP contribution in [0.3, 0.4) is 0 Å². The first-order valence-corrected chi connectivity index (χ1v) is 11.5. The summed E-state index contributed by atoms with van der Waals surface area (Å²) in [5.41, 5.74) is 1.93. The SMILES string of the molecule is COc1c(C(=O)N2CCC(c3nccn3CCc3ccsc3)CC2)csc1Cl. The second kappa shape index (κ2) is 8.68. The number of halogens is 1. The van der Waals surface area contributed by atoms with Gasteiger partial charge >= 0.3 is 0 Å². The molecule has 1 aliphatic heterocycles. The molecule has 0 N–H and O–H groups in total. The van der Waals surface area contributed by atoms with Crippen molar-refractivity contribution in [2.24, 2.45) is 0 Å². The highest BCUT2D eigenvalue weighted by atomic mass is 35.5. The van der Waals surface area contributed by atoms with Gasteiger partial charge in [-0.1, -0.05) is 11.6 Å². The Labute approximate surface area is 177 Å². The molecule has 3 aromatic rings. The fourth-order valence-corrected chi connectivity index (χ4v) is 5.47. The van der Waals surface area contributed by atoms with Crippen LogP contribution in [0.4, 0.5) is 0 Å². The van der Waals surface area contributed by atoms with E-state index in [0.29, 0.717) is 21.6 Å². The number of hydrogen-bond donors (Lipinski definition) is 0. The summed E-state index contributed by atoms with van der Waals surface area (Å²) in [5.74, 6) is 2.01. The van der Waals surface area contributed by atoms with Crippen molar-refractivity contribution < 1.29 is 9.53 Å². The van der Waals surface area contributed by atoms with Crippen LogP contribution in [0.1, 0.15) is 40.5 Å². The Balaban J connectivity index is 1.38. The van der Waals surface area contributed by atoms with Gasteiger partial charge in [0.1, 0.15) is 10.2 Å². The number of aromatic nitrogens is 2. The van der Waals surface area contributed by atoms with Gasteiger partial charge in [0.15, 0.2) is 5.75 Å². The molecule has 4 heterocycles. The van der Waals surface area contributed by atoms with Gasteiger partial charge in [0, 0.05) is 43.3 Å². The Hall–Kier alpha value is -1.83. The van der Waals surface area contributed by atoms with Crippen LogP contribution in [-0.2, 0) is 13.0 Å². The third-order valence-corrected chi connectivity index (χ3v) is 7.17. The third kappa shape index (κ3) is 3.97. The number of hydrogen-bond acceptors (Lipinski definition) is 5. The Bertz CT molecular complexity index is 927. The number of likely N-dealkylation sites (tertiary alicyclic amines) is 1. The molecule has 4 rings (SSSR count). The molecule has 0 bridgehead atoms. The molecule has 0 spiro atoms. The van der Waals surface area contributed by atoms with E-state index in [1.165, 1.54) is 16.9 Å². The number of amides is 1. The molecular formula is C20H22ClN3O2S2. The highest BCUT2D eigenvalue weighted by molar-refractivity contribution is 7.15. The van der Waals surface area contributed by atoms with Crippen LogP contribution in [0.15, 0.2) is 34.6 Å². The van der Waals surface area contributed by atoms with Crippen molar-refractivity contribution in [1.29, 1.82) is 0 Å². The maximum absolute atomic E-state index is 12.9. The molecule has 0 saturated carbocycles. The predicted molar refractivity (Wildman–Crippen MR) is 114 cm³/mol. The number of aryl methyl sites for hydroxylation is 2. The molecule has 0 unspecified atom stereocenters. The summed E-state index contributed by atoms with van der Waals surface area (Å²) in [6.45, 7) is 2.38. The number of methoxy groups -OCH3 is 1. The number of carbonyl (C=O) groups excluding carboxylic acids is 1. The molecule has 0 atom stereocenters. The van der Waals surface area contributed by atoms with Crippen molar-refractivity contribution in [3.63, 3.8) is 0 Å². The summed E-state index contributed by atoms with van der Waals surface area (Å²) in [5, 5.41) is 6.10. The lowest BCUT2D eigenvalue weighted by Gasteiger charge is -2.32. The number of thiophene rings is 2. The summed E-state index contributed by atoms with van der Waals surface area (Å²) in [6, 6.07) is 2.18. The lowest BCUT2D eigenvalue weighted by atomic mass is 9.95. The number of rotatable bonds is 6.